The molecular weight excluding hydrogens is 401 g/mol. The summed E-state index contributed by atoms with van der Waals surface area (Å²) < 4.78 is 19.1. The molecule has 0 bridgehead atoms. The average Bonchev–Trinajstić information content (AvgIpc) is 3.09. The van der Waals surface area contributed by atoms with E-state index in [0.29, 0.717) is 24.6 Å². The molecular formula is C19H17BrFN3O2. The van der Waals surface area contributed by atoms with Crippen LogP contribution in [0.15, 0.2) is 57.5 Å². The number of nitrogens with zero attached hydrogens (tertiary/aromatic N) is 3. The van der Waals surface area contributed by atoms with Gasteiger partial charge in [0.2, 0.25) is 17.6 Å². The van der Waals surface area contributed by atoms with Crippen LogP contribution in [0, 0.1) is 5.82 Å². The van der Waals surface area contributed by atoms with Crippen LogP contribution in [-0.2, 0) is 17.8 Å². The van der Waals surface area contributed by atoms with Gasteiger partial charge in [0.25, 0.3) is 0 Å². The molecule has 3 rings (SSSR count). The zero-order valence-electron chi connectivity index (χ0n) is 14.2. The Hall–Kier alpha value is -2.54. The molecule has 0 atom stereocenters. The van der Waals surface area contributed by atoms with Crippen molar-refractivity contribution in [2.75, 3.05) is 7.05 Å². The molecule has 0 unspecified atom stereocenters. The van der Waals surface area contributed by atoms with Gasteiger partial charge in [0.1, 0.15) is 5.82 Å². The van der Waals surface area contributed by atoms with E-state index in [1.54, 1.807) is 24.1 Å². The van der Waals surface area contributed by atoms with Gasteiger partial charge in [-0.15, -0.1) is 0 Å². The van der Waals surface area contributed by atoms with Gasteiger partial charge in [0, 0.05) is 23.5 Å². The molecule has 134 valence electrons. The number of carbonyl (C=O) groups is 1. The lowest BCUT2D eigenvalue weighted by atomic mass is 10.1. The van der Waals surface area contributed by atoms with E-state index in [1.165, 1.54) is 12.1 Å². The number of amides is 1. The molecule has 0 aliphatic heterocycles. The molecule has 7 heteroatoms. The van der Waals surface area contributed by atoms with E-state index in [0.717, 1.165) is 15.6 Å². The molecule has 0 fully saturated rings. The Kier molecular flexibility index (Phi) is 5.78. The van der Waals surface area contributed by atoms with Crippen molar-refractivity contribution in [2.45, 2.75) is 19.4 Å². The molecule has 26 heavy (non-hydrogen) atoms. The second-order valence-corrected chi connectivity index (χ2v) is 6.81. The van der Waals surface area contributed by atoms with Crippen LogP contribution in [0.4, 0.5) is 4.39 Å². The van der Waals surface area contributed by atoms with Crippen LogP contribution in [0.2, 0.25) is 0 Å². The van der Waals surface area contributed by atoms with E-state index in [1.807, 2.05) is 24.3 Å². The summed E-state index contributed by atoms with van der Waals surface area (Å²) in [5, 5.41) is 3.96. The zero-order chi connectivity index (χ0) is 18.5. The van der Waals surface area contributed by atoms with Crippen molar-refractivity contribution in [3.8, 4) is 11.4 Å². The van der Waals surface area contributed by atoms with Gasteiger partial charge >= 0.3 is 0 Å². The molecule has 0 aliphatic rings. The number of aryl methyl sites for hydroxylation is 1. The minimum absolute atomic E-state index is 0.0449. The molecule has 3 aromatic rings. The van der Waals surface area contributed by atoms with Crippen LogP contribution >= 0.6 is 15.9 Å². The van der Waals surface area contributed by atoms with Crippen molar-refractivity contribution >= 4 is 21.8 Å². The number of rotatable bonds is 6. The van der Waals surface area contributed by atoms with E-state index in [9.17, 15) is 9.18 Å². The number of carbonyl (C=O) groups excluding carboxylic acids is 1. The Balaban J connectivity index is 1.56. The molecule has 1 amide bonds. The first-order valence-electron chi connectivity index (χ1n) is 8.08. The fourth-order valence-corrected chi connectivity index (χ4v) is 2.85. The summed E-state index contributed by atoms with van der Waals surface area (Å²) in [7, 11) is 1.69. The Morgan fingerprint density at radius 1 is 1.23 bits per heavy atom. The van der Waals surface area contributed by atoms with Crippen molar-refractivity contribution in [2.24, 2.45) is 0 Å². The lowest BCUT2D eigenvalue weighted by Crippen LogP contribution is -2.26. The van der Waals surface area contributed by atoms with Gasteiger partial charge in [-0.25, -0.2) is 4.39 Å². The summed E-state index contributed by atoms with van der Waals surface area (Å²) in [6, 6.07) is 13.7. The molecule has 0 N–H and O–H groups in total. The number of halogens is 2. The van der Waals surface area contributed by atoms with Gasteiger partial charge in [-0.05, 0) is 36.2 Å². The predicted octanol–water partition coefficient (Wildman–Crippen LogP) is 4.23. The maximum Gasteiger partial charge on any atom is 0.246 e. The van der Waals surface area contributed by atoms with E-state index in [2.05, 4.69) is 26.1 Å². The number of benzene rings is 2. The molecule has 5 nitrogen and oxygen atoms in total. The summed E-state index contributed by atoms with van der Waals surface area (Å²) >= 11 is 3.41. The van der Waals surface area contributed by atoms with E-state index in [-0.39, 0.29) is 18.3 Å². The Morgan fingerprint density at radius 2 is 2.00 bits per heavy atom. The van der Waals surface area contributed by atoms with Crippen LogP contribution in [-0.4, -0.2) is 28.0 Å². The van der Waals surface area contributed by atoms with Gasteiger partial charge in [-0.2, -0.15) is 4.98 Å². The highest BCUT2D eigenvalue weighted by atomic mass is 79.9. The lowest BCUT2D eigenvalue weighted by Gasteiger charge is -2.14. The first-order chi connectivity index (χ1) is 12.5. The average molecular weight is 418 g/mol. The molecule has 0 saturated carbocycles. The van der Waals surface area contributed by atoms with Crippen molar-refractivity contribution < 1.29 is 13.7 Å². The largest absolute Gasteiger partial charge is 0.337 e. The highest BCUT2D eigenvalue weighted by Gasteiger charge is 2.15. The summed E-state index contributed by atoms with van der Waals surface area (Å²) in [6.07, 6.45) is 0.880. The van der Waals surface area contributed by atoms with Crippen LogP contribution in [0.1, 0.15) is 17.9 Å². The van der Waals surface area contributed by atoms with E-state index in [4.69, 9.17) is 4.52 Å². The van der Waals surface area contributed by atoms with Crippen molar-refractivity contribution in [3.63, 3.8) is 0 Å². The fourth-order valence-electron chi connectivity index (χ4n) is 2.45. The summed E-state index contributed by atoms with van der Waals surface area (Å²) in [4.78, 5) is 18.1. The fraction of sp³-hybridized carbons (Fsp3) is 0.211. The second kappa shape index (κ2) is 8.23. The molecule has 2 aromatic carbocycles. The number of aromatic nitrogens is 2. The van der Waals surface area contributed by atoms with Crippen LogP contribution in [0.3, 0.4) is 0 Å². The molecule has 0 saturated heterocycles. The quantitative estimate of drug-likeness (QED) is 0.601. The second-order valence-electron chi connectivity index (χ2n) is 5.90. The molecule has 1 heterocycles. The lowest BCUT2D eigenvalue weighted by molar-refractivity contribution is -0.130. The third kappa shape index (κ3) is 4.76. The predicted molar refractivity (Wildman–Crippen MR) is 98.6 cm³/mol. The summed E-state index contributed by atoms with van der Waals surface area (Å²) in [6.45, 7) is 0.239. The monoisotopic (exact) mass is 417 g/mol. The number of hydrogen-bond donors (Lipinski definition) is 0. The van der Waals surface area contributed by atoms with Crippen LogP contribution in [0.25, 0.3) is 11.4 Å². The Morgan fingerprint density at radius 3 is 2.73 bits per heavy atom. The van der Waals surface area contributed by atoms with Crippen molar-refractivity contribution in [3.05, 3.63) is 70.3 Å². The minimum Gasteiger partial charge on any atom is -0.337 e. The Labute approximate surface area is 159 Å². The maximum atomic E-state index is 12.9. The number of hydrogen-bond acceptors (Lipinski definition) is 4. The minimum atomic E-state index is -0.283. The third-order valence-electron chi connectivity index (χ3n) is 3.89. The topological polar surface area (TPSA) is 59.2 Å². The molecule has 0 radical (unpaired) electrons. The summed E-state index contributed by atoms with van der Waals surface area (Å²) in [5.74, 6) is 0.525. The van der Waals surface area contributed by atoms with Crippen molar-refractivity contribution in [1.29, 1.82) is 0 Å². The van der Waals surface area contributed by atoms with Gasteiger partial charge in [-0.3, -0.25) is 4.79 Å². The van der Waals surface area contributed by atoms with Gasteiger partial charge < -0.3 is 9.42 Å². The molecule has 1 aromatic heterocycles. The highest BCUT2D eigenvalue weighted by molar-refractivity contribution is 9.10. The first-order valence-corrected chi connectivity index (χ1v) is 8.87. The summed E-state index contributed by atoms with van der Waals surface area (Å²) in [5.41, 5.74) is 1.75. The molecule has 0 spiro atoms. The van der Waals surface area contributed by atoms with Crippen LogP contribution in [0.5, 0.6) is 0 Å². The van der Waals surface area contributed by atoms with Crippen LogP contribution < -0.4 is 0 Å². The zero-order valence-corrected chi connectivity index (χ0v) is 15.7. The first kappa shape index (κ1) is 18.3. The van der Waals surface area contributed by atoms with Gasteiger partial charge in [-0.1, -0.05) is 45.4 Å². The highest BCUT2D eigenvalue weighted by Crippen LogP contribution is 2.20. The Bertz CT molecular complexity index is 896. The van der Waals surface area contributed by atoms with E-state index < -0.39 is 0 Å². The van der Waals surface area contributed by atoms with Crippen molar-refractivity contribution in [1.82, 2.24) is 15.0 Å². The standard InChI is InChI=1S/C19H17BrFN3O2/c1-24(18(25)10-7-13-5-8-16(21)9-6-13)12-17-22-19(23-26-17)14-3-2-4-15(20)11-14/h2-6,8-9,11H,7,10,12H2,1H3. The SMILES string of the molecule is CN(Cc1nc(-c2cccc(Br)c2)no1)C(=O)CCc1ccc(F)cc1. The van der Waals surface area contributed by atoms with E-state index >= 15 is 0 Å². The molecule has 0 aliphatic carbocycles. The normalized spacial score (nSPS) is 10.7. The smallest absolute Gasteiger partial charge is 0.246 e. The third-order valence-corrected chi connectivity index (χ3v) is 4.38. The van der Waals surface area contributed by atoms with Gasteiger partial charge in [0.15, 0.2) is 0 Å². The maximum absolute atomic E-state index is 12.9. The van der Waals surface area contributed by atoms with Gasteiger partial charge in [0.05, 0.1) is 6.54 Å².